The number of benzene rings is 1. The molecule has 0 bridgehead atoms. The van der Waals surface area contributed by atoms with Gasteiger partial charge in [-0.3, -0.25) is 9.59 Å². The Balaban J connectivity index is 2.29. The van der Waals surface area contributed by atoms with Crippen molar-refractivity contribution in [1.82, 2.24) is 4.90 Å². The Bertz CT molecular complexity index is 524. The molecule has 2 rings (SSSR count). The maximum absolute atomic E-state index is 12.5. The van der Waals surface area contributed by atoms with Crippen LogP contribution in [0.1, 0.15) is 36.0 Å². The molecule has 1 aromatic carbocycles. The van der Waals surface area contributed by atoms with Crippen molar-refractivity contribution >= 4 is 11.8 Å². The molecule has 0 saturated heterocycles. The molecule has 1 saturated carbocycles. The number of hydrogen-bond donors (Lipinski definition) is 3. The Morgan fingerprint density at radius 2 is 1.90 bits per heavy atom. The van der Waals surface area contributed by atoms with Crippen LogP contribution in [0.25, 0.3) is 0 Å². The summed E-state index contributed by atoms with van der Waals surface area (Å²) in [5, 5.41) is 19.2. The fourth-order valence-electron chi connectivity index (χ4n) is 2.61. The number of carbonyl (C=O) groups excluding carboxylic acids is 2. The number of hydrogen-bond acceptors (Lipinski definition) is 4. The van der Waals surface area contributed by atoms with Crippen molar-refractivity contribution in [2.45, 2.75) is 31.7 Å². The van der Waals surface area contributed by atoms with Gasteiger partial charge in [0.05, 0.1) is 12.1 Å². The number of para-hydroxylation sites is 1. The van der Waals surface area contributed by atoms with E-state index in [9.17, 15) is 19.8 Å². The molecule has 1 aliphatic carbocycles. The summed E-state index contributed by atoms with van der Waals surface area (Å²) in [6.45, 7) is -0.182. The Morgan fingerprint density at radius 1 is 1.25 bits per heavy atom. The molecule has 1 fully saturated rings. The van der Waals surface area contributed by atoms with E-state index in [1.165, 1.54) is 23.1 Å². The van der Waals surface area contributed by atoms with Crippen LogP contribution in [0.5, 0.6) is 11.5 Å². The molecule has 6 heteroatoms. The van der Waals surface area contributed by atoms with Gasteiger partial charge in [0.15, 0.2) is 11.5 Å². The Labute approximate surface area is 116 Å². The van der Waals surface area contributed by atoms with Gasteiger partial charge in [0.1, 0.15) is 0 Å². The average molecular weight is 278 g/mol. The number of amides is 2. The highest BCUT2D eigenvalue weighted by Gasteiger charge is 2.30. The molecule has 2 amide bonds. The summed E-state index contributed by atoms with van der Waals surface area (Å²) < 4.78 is 0. The van der Waals surface area contributed by atoms with Gasteiger partial charge in [0.25, 0.3) is 5.91 Å². The van der Waals surface area contributed by atoms with Crippen molar-refractivity contribution in [3.05, 3.63) is 23.8 Å². The van der Waals surface area contributed by atoms with E-state index in [2.05, 4.69) is 0 Å². The van der Waals surface area contributed by atoms with Crippen LogP contribution in [0.3, 0.4) is 0 Å². The van der Waals surface area contributed by atoms with E-state index in [1.807, 2.05) is 0 Å². The fourth-order valence-corrected chi connectivity index (χ4v) is 2.61. The lowest BCUT2D eigenvalue weighted by molar-refractivity contribution is -0.119. The minimum atomic E-state index is -0.593. The van der Waals surface area contributed by atoms with Gasteiger partial charge in [-0.15, -0.1) is 0 Å². The first-order chi connectivity index (χ1) is 9.50. The Morgan fingerprint density at radius 3 is 2.50 bits per heavy atom. The van der Waals surface area contributed by atoms with Crippen molar-refractivity contribution < 1.29 is 19.8 Å². The molecule has 20 heavy (non-hydrogen) atoms. The van der Waals surface area contributed by atoms with E-state index in [4.69, 9.17) is 5.73 Å². The number of nitrogens with zero attached hydrogens (tertiary/aromatic N) is 1. The fraction of sp³-hybridized carbons (Fsp3) is 0.429. The standard InChI is InChI=1S/C14H18N2O4/c15-12(18)8-16(9-4-1-2-5-9)14(20)10-6-3-7-11(17)13(10)19/h3,6-7,9,17,19H,1-2,4-5,8H2,(H2,15,18). The summed E-state index contributed by atoms with van der Waals surface area (Å²) in [5.74, 6) is -1.90. The van der Waals surface area contributed by atoms with Crippen molar-refractivity contribution in [2.24, 2.45) is 5.73 Å². The summed E-state index contributed by atoms with van der Waals surface area (Å²) in [5.41, 5.74) is 5.18. The van der Waals surface area contributed by atoms with Crippen LogP contribution >= 0.6 is 0 Å². The third-order valence-corrected chi connectivity index (χ3v) is 3.60. The average Bonchev–Trinajstić information content (AvgIpc) is 2.92. The van der Waals surface area contributed by atoms with E-state index < -0.39 is 17.6 Å². The molecule has 4 N–H and O–H groups in total. The molecule has 0 heterocycles. The van der Waals surface area contributed by atoms with Crippen LogP contribution in [0.15, 0.2) is 18.2 Å². The predicted octanol–water partition coefficient (Wildman–Crippen LogP) is 0.968. The molecule has 1 aliphatic rings. The SMILES string of the molecule is NC(=O)CN(C(=O)c1cccc(O)c1O)C1CCCC1. The van der Waals surface area contributed by atoms with Crippen molar-refractivity contribution in [3.63, 3.8) is 0 Å². The first kappa shape index (κ1) is 14.2. The maximum atomic E-state index is 12.5. The maximum Gasteiger partial charge on any atom is 0.258 e. The van der Waals surface area contributed by atoms with Gasteiger partial charge in [-0.05, 0) is 25.0 Å². The van der Waals surface area contributed by atoms with Gasteiger partial charge < -0.3 is 20.8 Å². The lowest BCUT2D eigenvalue weighted by Crippen LogP contribution is -2.44. The van der Waals surface area contributed by atoms with E-state index in [0.717, 1.165) is 25.7 Å². The molecule has 0 atom stereocenters. The van der Waals surface area contributed by atoms with Crippen LogP contribution in [-0.2, 0) is 4.79 Å². The third kappa shape index (κ3) is 2.84. The first-order valence-electron chi connectivity index (χ1n) is 6.61. The smallest absolute Gasteiger partial charge is 0.258 e. The van der Waals surface area contributed by atoms with Gasteiger partial charge in [-0.1, -0.05) is 18.9 Å². The monoisotopic (exact) mass is 278 g/mol. The lowest BCUT2D eigenvalue weighted by Gasteiger charge is -2.28. The number of aromatic hydroxyl groups is 2. The number of rotatable bonds is 4. The van der Waals surface area contributed by atoms with Crippen molar-refractivity contribution in [1.29, 1.82) is 0 Å². The molecule has 0 spiro atoms. The van der Waals surface area contributed by atoms with Gasteiger partial charge in [0.2, 0.25) is 5.91 Å². The van der Waals surface area contributed by atoms with Crippen LogP contribution in [-0.4, -0.2) is 39.5 Å². The van der Waals surface area contributed by atoms with Crippen LogP contribution in [0.4, 0.5) is 0 Å². The zero-order valence-electron chi connectivity index (χ0n) is 11.1. The molecule has 108 valence electrons. The van der Waals surface area contributed by atoms with E-state index in [-0.39, 0.29) is 23.9 Å². The van der Waals surface area contributed by atoms with Crippen LogP contribution < -0.4 is 5.73 Å². The summed E-state index contributed by atoms with van der Waals surface area (Å²) in [6, 6.07) is 4.14. The highest BCUT2D eigenvalue weighted by atomic mass is 16.3. The quantitative estimate of drug-likeness (QED) is 0.714. The largest absolute Gasteiger partial charge is 0.504 e. The molecule has 0 unspecified atom stereocenters. The first-order valence-corrected chi connectivity index (χ1v) is 6.61. The van der Waals surface area contributed by atoms with E-state index >= 15 is 0 Å². The second-order valence-corrected chi connectivity index (χ2v) is 5.01. The van der Waals surface area contributed by atoms with Crippen molar-refractivity contribution in [2.75, 3.05) is 6.54 Å². The minimum Gasteiger partial charge on any atom is -0.504 e. The van der Waals surface area contributed by atoms with Crippen LogP contribution in [0.2, 0.25) is 0 Å². The molecule has 6 nitrogen and oxygen atoms in total. The van der Waals surface area contributed by atoms with Gasteiger partial charge in [0, 0.05) is 6.04 Å². The highest BCUT2D eigenvalue weighted by Crippen LogP contribution is 2.31. The molecule has 0 radical (unpaired) electrons. The number of nitrogens with two attached hydrogens (primary N) is 1. The van der Waals surface area contributed by atoms with E-state index in [1.54, 1.807) is 0 Å². The Hall–Kier alpha value is -2.24. The number of primary amides is 1. The predicted molar refractivity (Wildman–Crippen MR) is 72.3 cm³/mol. The second-order valence-electron chi connectivity index (χ2n) is 5.01. The number of phenolic OH excluding ortho intramolecular Hbond substituents is 2. The topological polar surface area (TPSA) is 104 Å². The summed E-state index contributed by atoms with van der Waals surface area (Å²) in [4.78, 5) is 25.1. The number of phenols is 2. The lowest BCUT2D eigenvalue weighted by atomic mass is 10.1. The number of carbonyl (C=O) groups is 2. The Kier molecular flexibility index (Phi) is 4.12. The summed E-state index contributed by atoms with van der Waals surface area (Å²) in [7, 11) is 0. The molecule has 0 aliphatic heterocycles. The zero-order valence-corrected chi connectivity index (χ0v) is 11.1. The molecule has 0 aromatic heterocycles. The zero-order chi connectivity index (χ0) is 14.7. The highest BCUT2D eigenvalue weighted by molar-refractivity contribution is 5.99. The normalized spacial score (nSPS) is 15.2. The van der Waals surface area contributed by atoms with Crippen LogP contribution in [0, 0.1) is 0 Å². The summed E-state index contributed by atoms with van der Waals surface area (Å²) in [6.07, 6.45) is 3.63. The summed E-state index contributed by atoms with van der Waals surface area (Å²) >= 11 is 0. The van der Waals surface area contributed by atoms with Gasteiger partial charge in [-0.2, -0.15) is 0 Å². The van der Waals surface area contributed by atoms with E-state index in [0.29, 0.717) is 0 Å². The van der Waals surface area contributed by atoms with Crippen molar-refractivity contribution in [3.8, 4) is 11.5 Å². The molecular formula is C14H18N2O4. The third-order valence-electron chi connectivity index (χ3n) is 3.60. The molecule has 1 aromatic rings. The molecular weight excluding hydrogens is 260 g/mol. The minimum absolute atomic E-state index is 0.0156. The second kappa shape index (κ2) is 5.81. The van der Waals surface area contributed by atoms with Gasteiger partial charge >= 0.3 is 0 Å². The van der Waals surface area contributed by atoms with Gasteiger partial charge in [-0.25, -0.2) is 0 Å².